The molecule has 96 valence electrons. The SMILES string of the molecule is Cc1c(N)cccc1Cn1c(C)nc2ccccc21. The lowest BCUT2D eigenvalue weighted by molar-refractivity contribution is 0.782. The highest BCUT2D eigenvalue weighted by Gasteiger charge is 2.09. The van der Waals surface area contributed by atoms with Crippen molar-refractivity contribution in [2.24, 2.45) is 0 Å². The van der Waals surface area contributed by atoms with Gasteiger partial charge >= 0.3 is 0 Å². The Balaban J connectivity index is 2.11. The fourth-order valence-electron chi connectivity index (χ4n) is 2.44. The lowest BCUT2D eigenvalue weighted by Crippen LogP contribution is -2.05. The number of hydrogen-bond donors (Lipinski definition) is 1. The Morgan fingerprint density at radius 2 is 1.84 bits per heavy atom. The van der Waals surface area contributed by atoms with Crippen molar-refractivity contribution < 1.29 is 0 Å². The van der Waals surface area contributed by atoms with E-state index in [0.717, 1.165) is 29.1 Å². The largest absolute Gasteiger partial charge is 0.399 e. The van der Waals surface area contributed by atoms with Crippen molar-refractivity contribution in [3.05, 3.63) is 59.4 Å². The smallest absolute Gasteiger partial charge is 0.107 e. The molecule has 3 aromatic rings. The number of imidazole rings is 1. The molecule has 1 heterocycles. The second-order valence-electron chi connectivity index (χ2n) is 4.87. The highest BCUT2D eigenvalue weighted by Crippen LogP contribution is 2.21. The van der Waals surface area contributed by atoms with Crippen molar-refractivity contribution in [1.82, 2.24) is 9.55 Å². The number of aryl methyl sites for hydroxylation is 1. The summed E-state index contributed by atoms with van der Waals surface area (Å²) in [5.41, 5.74) is 11.4. The van der Waals surface area contributed by atoms with Gasteiger partial charge in [-0.2, -0.15) is 0 Å². The van der Waals surface area contributed by atoms with Crippen LogP contribution < -0.4 is 5.73 Å². The van der Waals surface area contributed by atoms with Gasteiger partial charge in [-0.1, -0.05) is 24.3 Å². The molecule has 3 heteroatoms. The van der Waals surface area contributed by atoms with Crippen LogP contribution in [-0.2, 0) is 6.54 Å². The van der Waals surface area contributed by atoms with Gasteiger partial charge in [-0.25, -0.2) is 4.98 Å². The minimum Gasteiger partial charge on any atom is -0.399 e. The van der Waals surface area contributed by atoms with Gasteiger partial charge in [-0.15, -0.1) is 0 Å². The molecule has 2 aromatic carbocycles. The summed E-state index contributed by atoms with van der Waals surface area (Å²) < 4.78 is 2.23. The summed E-state index contributed by atoms with van der Waals surface area (Å²) in [6.45, 7) is 4.92. The summed E-state index contributed by atoms with van der Waals surface area (Å²) in [4.78, 5) is 4.59. The number of para-hydroxylation sites is 2. The minimum atomic E-state index is 0.809. The molecule has 0 unspecified atom stereocenters. The van der Waals surface area contributed by atoms with Crippen LogP contribution in [0, 0.1) is 13.8 Å². The van der Waals surface area contributed by atoms with Gasteiger partial charge < -0.3 is 10.3 Å². The first-order valence-electron chi connectivity index (χ1n) is 6.42. The standard InChI is InChI=1S/C16H17N3/c1-11-13(6-5-7-14(11)17)10-19-12(2)18-15-8-3-4-9-16(15)19/h3-9H,10,17H2,1-2H3. The van der Waals surface area contributed by atoms with Crippen LogP contribution >= 0.6 is 0 Å². The zero-order chi connectivity index (χ0) is 13.4. The van der Waals surface area contributed by atoms with E-state index in [1.807, 2.05) is 37.3 Å². The van der Waals surface area contributed by atoms with Gasteiger partial charge in [0, 0.05) is 12.2 Å². The Bertz CT molecular complexity index is 741. The van der Waals surface area contributed by atoms with Gasteiger partial charge in [0.2, 0.25) is 0 Å². The number of rotatable bonds is 2. The highest BCUT2D eigenvalue weighted by molar-refractivity contribution is 5.76. The number of aromatic nitrogens is 2. The molecule has 0 radical (unpaired) electrons. The molecule has 1 aromatic heterocycles. The lowest BCUT2D eigenvalue weighted by atomic mass is 10.1. The zero-order valence-corrected chi connectivity index (χ0v) is 11.2. The van der Waals surface area contributed by atoms with E-state index in [9.17, 15) is 0 Å². The summed E-state index contributed by atoms with van der Waals surface area (Å²) in [6, 6.07) is 14.3. The molecule has 0 aliphatic heterocycles. The van der Waals surface area contributed by atoms with E-state index < -0.39 is 0 Å². The van der Waals surface area contributed by atoms with Crippen LogP contribution in [0.3, 0.4) is 0 Å². The maximum absolute atomic E-state index is 5.98. The molecule has 19 heavy (non-hydrogen) atoms. The van der Waals surface area contributed by atoms with Crippen LogP contribution in [0.2, 0.25) is 0 Å². The zero-order valence-electron chi connectivity index (χ0n) is 11.2. The molecule has 3 nitrogen and oxygen atoms in total. The summed E-state index contributed by atoms with van der Waals surface area (Å²) in [5.74, 6) is 1.03. The molecule has 0 spiro atoms. The second kappa shape index (κ2) is 4.43. The Morgan fingerprint density at radius 1 is 1.05 bits per heavy atom. The fourth-order valence-corrected chi connectivity index (χ4v) is 2.44. The summed E-state index contributed by atoms with van der Waals surface area (Å²) in [5, 5.41) is 0. The maximum atomic E-state index is 5.98. The molecule has 0 bridgehead atoms. The van der Waals surface area contributed by atoms with Crippen molar-refractivity contribution in [3.8, 4) is 0 Å². The van der Waals surface area contributed by atoms with Crippen LogP contribution in [-0.4, -0.2) is 9.55 Å². The Hall–Kier alpha value is -2.29. The molecule has 0 fully saturated rings. The van der Waals surface area contributed by atoms with E-state index in [-0.39, 0.29) is 0 Å². The third-order valence-electron chi connectivity index (χ3n) is 3.66. The Kier molecular flexibility index (Phi) is 2.75. The quantitative estimate of drug-likeness (QED) is 0.710. The Morgan fingerprint density at radius 3 is 2.68 bits per heavy atom. The molecule has 0 aliphatic carbocycles. The summed E-state index contributed by atoms with van der Waals surface area (Å²) >= 11 is 0. The monoisotopic (exact) mass is 251 g/mol. The van der Waals surface area contributed by atoms with E-state index in [4.69, 9.17) is 5.73 Å². The first kappa shape index (κ1) is 11.8. The van der Waals surface area contributed by atoms with Gasteiger partial charge in [-0.3, -0.25) is 0 Å². The molecule has 0 atom stereocenters. The number of benzene rings is 2. The van der Waals surface area contributed by atoms with Crippen molar-refractivity contribution in [1.29, 1.82) is 0 Å². The van der Waals surface area contributed by atoms with Gasteiger partial charge in [0.05, 0.1) is 11.0 Å². The average molecular weight is 251 g/mol. The maximum Gasteiger partial charge on any atom is 0.107 e. The van der Waals surface area contributed by atoms with Gasteiger partial charge in [0.1, 0.15) is 5.82 Å². The van der Waals surface area contributed by atoms with Crippen LogP contribution in [0.4, 0.5) is 5.69 Å². The molecular formula is C16H17N3. The van der Waals surface area contributed by atoms with E-state index in [1.165, 1.54) is 11.1 Å². The van der Waals surface area contributed by atoms with Crippen molar-refractivity contribution in [2.75, 3.05) is 5.73 Å². The average Bonchev–Trinajstić information content (AvgIpc) is 2.72. The normalized spacial score (nSPS) is 11.1. The molecule has 0 aliphatic rings. The van der Waals surface area contributed by atoms with Crippen LogP contribution in [0.5, 0.6) is 0 Å². The summed E-state index contributed by atoms with van der Waals surface area (Å²) in [6.07, 6.45) is 0. The molecule has 2 N–H and O–H groups in total. The van der Waals surface area contributed by atoms with E-state index >= 15 is 0 Å². The number of nitrogen functional groups attached to an aromatic ring is 1. The van der Waals surface area contributed by atoms with Crippen molar-refractivity contribution in [2.45, 2.75) is 20.4 Å². The number of anilines is 1. The topological polar surface area (TPSA) is 43.8 Å². The predicted molar refractivity (Wildman–Crippen MR) is 79.2 cm³/mol. The van der Waals surface area contributed by atoms with E-state index in [1.54, 1.807) is 0 Å². The van der Waals surface area contributed by atoms with Crippen molar-refractivity contribution in [3.63, 3.8) is 0 Å². The first-order valence-corrected chi connectivity index (χ1v) is 6.42. The molecule has 0 amide bonds. The number of hydrogen-bond acceptors (Lipinski definition) is 2. The summed E-state index contributed by atoms with van der Waals surface area (Å²) in [7, 11) is 0. The minimum absolute atomic E-state index is 0.809. The number of fused-ring (bicyclic) bond motifs is 1. The van der Waals surface area contributed by atoms with Gasteiger partial charge in [0.25, 0.3) is 0 Å². The first-order chi connectivity index (χ1) is 9.16. The predicted octanol–water partition coefficient (Wildman–Crippen LogP) is 3.28. The van der Waals surface area contributed by atoms with Crippen LogP contribution in [0.25, 0.3) is 11.0 Å². The van der Waals surface area contributed by atoms with Crippen LogP contribution in [0.15, 0.2) is 42.5 Å². The van der Waals surface area contributed by atoms with Crippen molar-refractivity contribution >= 4 is 16.7 Å². The third-order valence-corrected chi connectivity index (χ3v) is 3.66. The van der Waals surface area contributed by atoms with Gasteiger partial charge in [0.15, 0.2) is 0 Å². The molecule has 3 rings (SSSR count). The molecular weight excluding hydrogens is 234 g/mol. The highest BCUT2D eigenvalue weighted by atomic mass is 15.1. The lowest BCUT2D eigenvalue weighted by Gasteiger charge is -2.11. The van der Waals surface area contributed by atoms with Crippen LogP contribution in [0.1, 0.15) is 17.0 Å². The van der Waals surface area contributed by atoms with Gasteiger partial charge in [-0.05, 0) is 43.2 Å². The third kappa shape index (κ3) is 1.97. The molecule has 0 saturated heterocycles. The Labute approximate surface area is 112 Å². The number of nitrogens with two attached hydrogens (primary N) is 1. The van der Waals surface area contributed by atoms with E-state index in [2.05, 4.69) is 28.6 Å². The number of nitrogens with zero attached hydrogens (tertiary/aromatic N) is 2. The fraction of sp³-hybridized carbons (Fsp3) is 0.188. The van der Waals surface area contributed by atoms with E-state index in [0.29, 0.717) is 0 Å². The second-order valence-corrected chi connectivity index (χ2v) is 4.87. The molecule has 0 saturated carbocycles.